The van der Waals surface area contributed by atoms with Crippen LogP contribution in [0.3, 0.4) is 0 Å². The second-order valence-corrected chi connectivity index (χ2v) is 4.90. The summed E-state index contributed by atoms with van der Waals surface area (Å²) in [5, 5.41) is 0.994. The van der Waals surface area contributed by atoms with Crippen LogP contribution >= 0.6 is 11.8 Å². The quantitative estimate of drug-likeness (QED) is 0.623. The van der Waals surface area contributed by atoms with Crippen molar-refractivity contribution < 1.29 is 4.42 Å². The first-order valence-corrected chi connectivity index (χ1v) is 6.72. The van der Waals surface area contributed by atoms with E-state index in [2.05, 4.69) is 30.3 Å². The average molecular weight is 279 g/mol. The van der Waals surface area contributed by atoms with Gasteiger partial charge in [0.1, 0.15) is 6.26 Å². The molecule has 3 rings (SSSR count). The molecule has 1 saturated heterocycles. The van der Waals surface area contributed by atoms with Gasteiger partial charge >= 0.3 is 0 Å². The van der Waals surface area contributed by atoms with Gasteiger partial charge in [0.15, 0.2) is 0 Å². The largest absolute Gasteiger partial charge is 0.440 e. The SMILES string of the molecule is NNc1nc(Sc2ncco2)nc(N2CCCC2)n1. The maximum Gasteiger partial charge on any atom is 0.263 e. The third-order valence-corrected chi connectivity index (χ3v) is 3.45. The van der Waals surface area contributed by atoms with Gasteiger partial charge in [-0.25, -0.2) is 10.8 Å². The minimum Gasteiger partial charge on any atom is -0.440 e. The summed E-state index contributed by atoms with van der Waals surface area (Å²) in [5.74, 6) is 6.36. The van der Waals surface area contributed by atoms with E-state index >= 15 is 0 Å². The molecule has 1 aliphatic rings. The van der Waals surface area contributed by atoms with Crippen LogP contribution in [0.1, 0.15) is 12.8 Å². The number of hydrogen-bond acceptors (Lipinski definition) is 9. The summed E-state index contributed by atoms with van der Waals surface area (Å²) in [5.41, 5.74) is 2.46. The number of nitrogens with two attached hydrogens (primary N) is 1. The molecule has 0 unspecified atom stereocenters. The van der Waals surface area contributed by atoms with Crippen LogP contribution < -0.4 is 16.2 Å². The third kappa shape index (κ3) is 2.76. The van der Waals surface area contributed by atoms with Gasteiger partial charge in [0.2, 0.25) is 17.1 Å². The lowest BCUT2D eigenvalue weighted by atomic mass is 10.4. The van der Waals surface area contributed by atoms with Crippen LogP contribution in [-0.4, -0.2) is 33.0 Å². The van der Waals surface area contributed by atoms with Crippen LogP contribution in [0.5, 0.6) is 0 Å². The lowest BCUT2D eigenvalue weighted by Gasteiger charge is -2.15. The monoisotopic (exact) mass is 279 g/mol. The Balaban J connectivity index is 1.88. The summed E-state index contributed by atoms with van der Waals surface area (Å²) in [7, 11) is 0. The molecule has 0 amide bonds. The van der Waals surface area contributed by atoms with Crippen LogP contribution in [-0.2, 0) is 0 Å². The van der Waals surface area contributed by atoms with E-state index in [1.54, 1.807) is 6.20 Å². The number of aromatic nitrogens is 4. The van der Waals surface area contributed by atoms with Gasteiger partial charge in [-0.3, -0.25) is 5.43 Å². The summed E-state index contributed by atoms with van der Waals surface area (Å²) >= 11 is 1.23. The fourth-order valence-electron chi connectivity index (χ4n) is 1.85. The van der Waals surface area contributed by atoms with E-state index in [9.17, 15) is 0 Å². The van der Waals surface area contributed by atoms with Gasteiger partial charge in [0, 0.05) is 24.9 Å². The molecule has 0 aliphatic carbocycles. The van der Waals surface area contributed by atoms with E-state index < -0.39 is 0 Å². The molecule has 0 bridgehead atoms. The number of oxazole rings is 1. The zero-order valence-electron chi connectivity index (χ0n) is 10.1. The summed E-state index contributed by atoms with van der Waals surface area (Å²) in [6, 6.07) is 0. The molecule has 0 spiro atoms. The van der Waals surface area contributed by atoms with Crippen molar-refractivity contribution >= 4 is 23.7 Å². The number of anilines is 2. The standard InChI is InChI=1S/C10H13N7OS/c11-16-7-13-8(17-4-1-2-5-17)15-9(14-7)19-10-12-3-6-18-10/h3,6H,1-2,4-5,11H2,(H,13,14,15,16). The lowest BCUT2D eigenvalue weighted by Crippen LogP contribution is -2.22. The highest BCUT2D eigenvalue weighted by Gasteiger charge is 2.18. The molecular formula is C10H13N7OS. The fourth-order valence-corrected chi connectivity index (χ4v) is 2.49. The normalized spacial score (nSPS) is 14.9. The van der Waals surface area contributed by atoms with Crippen molar-refractivity contribution in [1.82, 2.24) is 19.9 Å². The molecule has 8 nitrogen and oxygen atoms in total. The number of nitrogen functional groups attached to an aromatic ring is 1. The van der Waals surface area contributed by atoms with Gasteiger partial charge in [0.25, 0.3) is 5.22 Å². The Morgan fingerprint density at radius 2 is 2.11 bits per heavy atom. The van der Waals surface area contributed by atoms with Crippen molar-refractivity contribution in [3.05, 3.63) is 12.5 Å². The average Bonchev–Trinajstić information content (AvgIpc) is 3.11. The second-order valence-electron chi connectivity index (χ2n) is 3.98. The molecule has 0 aromatic carbocycles. The van der Waals surface area contributed by atoms with Gasteiger partial charge in [-0.15, -0.1) is 0 Å². The van der Waals surface area contributed by atoms with Gasteiger partial charge < -0.3 is 9.32 Å². The highest BCUT2D eigenvalue weighted by molar-refractivity contribution is 7.98. The molecule has 0 radical (unpaired) electrons. The highest BCUT2D eigenvalue weighted by Crippen LogP contribution is 2.25. The molecule has 2 aromatic rings. The fraction of sp³-hybridized carbons (Fsp3) is 0.400. The number of nitrogens with one attached hydrogen (secondary N) is 1. The summed E-state index contributed by atoms with van der Waals surface area (Å²) in [6.45, 7) is 1.91. The molecule has 1 aliphatic heterocycles. The van der Waals surface area contributed by atoms with Crippen LogP contribution in [0.15, 0.2) is 27.3 Å². The minimum atomic E-state index is 0.339. The predicted molar refractivity (Wildman–Crippen MR) is 69.7 cm³/mol. The maximum absolute atomic E-state index is 5.39. The van der Waals surface area contributed by atoms with Crippen molar-refractivity contribution in [1.29, 1.82) is 0 Å². The molecule has 9 heteroatoms. The zero-order chi connectivity index (χ0) is 13.1. The molecule has 0 atom stereocenters. The molecular weight excluding hydrogens is 266 g/mol. The first-order chi connectivity index (χ1) is 9.35. The Hall–Kier alpha value is -1.87. The molecule has 2 aromatic heterocycles. The van der Waals surface area contributed by atoms with E-state index in [-0.39, 0.29) is 0 Å². The van der Waals surface area contributed by atoms with Crippen LogP contribution in [0.4, 0.5) is 11.9 Å². The summed E-state index contributed by atoms with van der Waals surface area (Å²) in [4.78, 5) is 19.0. The van der Waals surface area contributed by atoms with Crippen LogP contribution in [0.2, 0.25) is 0 Å². The van der Waals surface area contributed by atoms with Crippen LogP contribution in [0.25, 0.3) is 0 Å². The Morgan fingerprint density at radius 3 is 2.79 bits per heavy atom. The van der Waals surface area contributed by atoms with E-state index in [0.29, 0.717) is 22.3 Å². The molecule has 3 N–H and O–H groups in total. The lowest BCUT2D eigenvalue weighted by molar-refractivity contribution is 0.453. The van der Waals surface area contributed by atoms with Crippen molar-refractivity contribution in [3.8, 4) is 0 Å². The number of rotatable bonds is 4. The van der Waals surface area contributed by atoms with Gasteiger partial charge in [0.05, 0.1) is 6.20 Å². The minimum absolute atomic E-state index is 0.339. The second kappa shape index (κ2) is 5.41. The van der Waals surface area contributed by atoms with Crippen molar-refractivity contribution in [2.45, 2.75) is 23.2 Å². The first kappa shape index (κ1) is 12.2. The molecule has 19 heavy (non-hydrogen) atoms. The molecule has 100 valence electrons. The Morgan fingerprint density at radius 1 is 1.26 bits per heavy atom. The molecule has 0 saturated carbocycles. The predicted octanol–water partition coefficient (Wildman–Crippen LogP) is 0.897. The topological polar surface area (TPSA) is 106 Å². The molecule has 1 fully saturated rings. The maximum atomic E-state index is 5.39. The van der Waals surface area contributed by atoms with Crippen molar-refractivity contribution in [2.24, 2.45) is 5.84 Å². The Labute approximate surface area is 113 Å². The number of hydrogen-bond donors (Lipinski definition) is 2. The van der Waals surface area contributed by atoms with Gasteiger partial charge in [-0.1, -0.05) is 0 Å². The van der Waals surface area contributed by atoms with E-state index in [1.807, 2.05) is 0 Å². The van der Waals surface area contributed by atoms with E-state index in [0.717, 1.165) is 25.9 Å². The van der Waals surface area contributed by atoms with Crippen molar-refractivity contribution in [2.75, 3.05) is 23.4 Å². The number of nitrogens with zero attached hydrogens (tertiary/aromatic N) is 5. The van der Waals surface area contributed by atoms with Gasteiger partial charge in [-0.2, -0.15) is 15.0 Å². The first-order valence-electron chi connectivity index (χ1n) is 5.90. The third-order valence-electron chi connectivity index (χ3n) is 2.71. The van der Waals surface area contributed by atoms with E-state index in [1.165, 1.54) is 18.0 Å². The zero-order valence-corrected chi connectivity index (χ0v) is 10.9. The Kier molecular flexibility index (Phi) is 3.47. The van der Waals surface area contributed by atoms with E-state index in [4.69, 9.17) is 10.3 Å². The number of hydrazine groups is 1. The van der Waals surface area contributed by atoms with Gasteiger partial charge in [-0.05, 0) is 12.8 Å². The highest BCUT2D eigenvalue weighted by atomic mass is 32.2. The summed E-state index contributed by atoms with van der Waals surface area (Å²) < 4.78 is 5.16. The van der Waals surface area contributed by atoms with Crippen molar-refractivity contribution in [3.63, 3.8) is 0 Å². The smallest absolute Gasteiger partial charge is 0.263 e. The molecule has 3 heterocycles. The van der Waals surface area contributed by atoms with Crippen LogP contribution in [0, 0.1) is 0 Å². The summed E-state index contributed by atoms with van der Waals surface area (Å²) in [6.07, 6.45) is 5.39. The Bertz CT molecular complexity index is 541.